The molecular weight excluding hydrogens is 202 g/mol. The average molecular weight is 219 g/mol. The highest BCUT2D eigenvalue weighted by Gasteiger charge is 2.20. The maximum atomic E-state index is 12.1. The number of nitrogens with zero attached hydrogens (tertiary/aromatic N) is 2. The third-order valence-electron chi connectivity index (χ3n) is 2.92. The van der Waals surface area contributed by atoms with Crippen LogP contribution in [0.4, 0.5) is 5.69 Å². The molecule has 0 saturated carbocycles. The molecule has 0 radical (unpaired) electrons. The molecule has 4 heteroatoms. The van der Waals surface area contributed by atoms with E-state index in [1.165, 1.54) is 0 Å². The van der Waals surface area contributed by atoms with E-state index in [0.717, 1.165) is 26.2 Å². The fourth-order valence-electron chi connectivity index (χ4n) is 1.86. The van der Waals surface area contributed by atoms with Crippen LogP contribution in [-0.2, 0) is 0 Å². The van der Waals surface area contributed by atoms with Gasteiger partial charge in [0.2, 0.25) is 0 Å². The van der Waals surface area contributed by atoms with Gasteiger partial charge in [-0.25, -0.2) is 0 Å². The molecule has 2 N–H and O–H groups in total. The number of nitrogen functional groups attached to an aromatic ring is 1. The Labute approximate surface area is 95.6 Å². The number of carbonyl (C=O) groups excluding carboxylic acids is 1. The first-order valence-corrected chi connectivity index (χ1v) is 5.50. The van der Waals surface area contributed by atoms with Gasteiger partial charge in [-0.05, 0) is 25.2 Å². The first-order chi connectivity index (χ1) is 7.66. The molecule has 16 heavy (non-hydrogen) atoms. The highest BCUT2D eigenvalue weighted by atomic mass is 16.2. The van der Waals surface area contributed by atoms with Gasteiger partial charge in [-0.15, -0.1) is 0 Å². The topological polar surface area (TPSA) is 49.6 Å². The van der Waals surface area contributed by atoms with Crippen LogP contribution in [0.25, 0.3) is 0 Å². The van der Waals surface area contributed by atoms with E-state index in [4.69, 9.17) is 5.73 Å². The summed E-state index contributed by atoms with van der Waals surface area (Å²) in [5.41, 5.74) is 6.99. The number of anilines is 1. The second-order valence-electron chi connectivity index (χ2n) is 4.22. The maximum absolute atomic E-state index is 12.1. The largest absolute Gasteiger partial charge is 0.399 e. The van der Waals surface area contributed by atoms with Crippen molar-refractivity contribution in [3.8, 4) is 0 Å². The molecule has 1 aliphatic rings. The van der Waals surface area contributed by atoms with Gasteiger partial charge >= 0.3 is 0 Å². The molecule has 0 atom stereocenters. The van der Waals surface area contributed by atoms with Crippen LogP contribution in [0.3, 0.4) is 0 Å². The van der Waals surface area contributed by atoms with Gasteiger partial charge in [0, 0.05) is 37.4 Å². The van der Waals surface area contributed by atoms with Crippen LogP contribution in [0.2, 0.25) is 0 Å². The number of piperazine rings is 1. The summed E-state index contributed by atoms with van der Waals surface area (Å²) in [4.78, 5) is 16.2. The summed E-state index contributed by atoms with van der Waals surface area (Å²) in [5, 5.41) is 0. The molecule has 1 amide bonds. The van der Waals surface area contributed by atoms with Gasteiger partial charge in [0.15, 0.2) is 0 Å². The molecular formula is C12H17N3O. The highest BCUT2D eigenvalue weighted by molar-refractivity contribution is 5.95. The van der Waals surface area contributed by atoms with Crippen molar-refractivity contribution in [3.63, 3.8) is 0 Å². The monoisotopic (exact) mass is 219 g/mol. The minimum Gasteiger partial charge on any atom is -0.399 e. The first kappa shape index (κ1) is 11.0. The number of likely N-dealkylation sites (N-methyl/N-ethyl adjacent to an activating group) is 1. The van der Waals surface area contributed by atoms with Crippen LogP contribution in [-0.4, -0.2) is 48.9 Å². The van der Waals surface area contributed by atoms with Crippen LogP contribution >= 0.6 is 0 Å². The lowest BCUT2D eigenvalue weighted by atomic mass is 10.1. The van der Waals surface area contributed by atoms with E-state index in [0.29, 0.717) is 11.3 Å². The number of benzene rings is 1. The summed E-state index contributed by atoms with van der Waals surface area (Å²) in [5.74, 6) is 0.0837. The fourth-order valence-corrected chi connectivity index (χ4v) is 1.86. The number of carbonyl (C=O) groups is 1. The van der Waals surface area contributed by atoms with Gasteiger partial charge < -0.3 is 15.5 Å². The zero-order valence-corrected chi connectivity index (χ0v) is 9.52. The summed E-state index contributed by atoms with van der Waals surface area (Å²) in [6.45, 7) is 3.47. The predicted octanol–water partition coefficient (Wildman–Crippen LogP) is 0.656. The second-order valence-corrected chi connectivity index (χ2v) is 4.22. The third-order valence-corrected chi connectivity index (χ3v) is 2.92. The van der Waals surface area contributed by atoms with Crippen LogP contribution in [0.5, 0.6) is 0 Å². The number of hydrogen-bond acceptors (Lipinski definition) is 3. The molecule has 86 valence electrons. The Morgan fingerprint density at radius 3 is 2.56 bits per heavy atom. The van der Waals surface area contributed by atoms with Crippen LogP contribution < -0.4 is 5.73 Å². The Hall–Kier alpha value is -1.55. The average Bonchev–Trinajstić information content (AvgIpc) is 2.29. The molecule has 1 aromatic carbocycles. The van der Waals surface area contributed by atoms with Gasteiger partial charge in [-0.2, -0.15) is 0 Å². The van der Waals surface area contributed by atoms with Crippen LogP contribution in [0.15, 0.2) is 24.3 Å². The molecule has 0 aromatic heterocycles. The van der Waals surface area contributed by atoms with E-state index in [1.807, 2.05) is 17.0 Å². The molecule has 0 bridgehead atoms. The van der Waals surface area contributed by atoms with E-state index in [9.17, 15) is 4.79 Å². The molecule has 1 aliphatic heterocycles. The number of rotatable bonds is 1. The van der Waals surface area contributed by atoms with Crippen molar-refractivity contribution < 1.29 is 4.79 Å². The van der Waals surface area contributed by atoms with E-state index >= 15 is 0 Å². The molecule has 2 rings (SSSR count). The molecule has 0 aliphatic carbocycles. The Kier molecular flexibility index (Phi) is 3.10. The first-order valence-electron chi connectivity index (χ1n) is 5.50. The van der Waals surface area contributed by atoms with Gasteiger partial charge in [-0.3, -0.25) is 4.79 Å². The standard InChI is InChI=1S/C12H17N3O/c1-14-5-7-15(8-6-14)12(16)10-3-2-4-11(13)9-10/h2-4,9H,5-8,13H2,1H3. The molecule has 0 spiro atoms. The van der Waals surface area contributed by atoms with Gasteiger partial charge in [0.25, 0.3) is 5.91 Å². The number of amides is 1. The smallest absolute Gasteiger partial charge is 0.254 e. The molecule has 1 fully saturated rings. The van der Waals surface area contributed by atoms with Gasteiger partial charge in [-0.1, -0.05) is 6.07 Å². The zero-order valence-electron chi connectivity index (χ0n) is 9.52. The molecule has 1 aromatic rings. The second kappa shape index (κ2) is 4.53. The maximum Gasteiger partial charge on any atom is 0.254 e. The molecule has 4 nitrogen and oxygen atoms in total. The zero-order chi connectivity index (χ0) is 11.5. The van der Waals surface area contributed by atoms with Crippen LogP contribution in [0, 0.1) is 0 Å². The Balaban J connectivity index is 2.08. The molecule has 1 heterocycles. The normalized spacial score (nSPS) is 17.4. The van der Waals surface area contributed by atoms with Crippen molar-refractivity contribution in [1.82, 2.24) is 9.80 Å². The number of nitrogens with two attached hydrogens (primary N) is 1. The van der Waals surface area contributed by atoms with Crippen molar-refractivity contribution in [2.24, 2.45) is 0 Å². The summed E-state index contributed by atoms with van der Waals surface area (Å²) in [6, 6.07) is 7.16. The lowest BCUT2D eigenvalue weighted by Gasteiger charge is -2.32. The Morgan fingerprint density at radius 2 is 1.94 bits per heavy atom. The molecule has 0 unspecified atom stereocenters. The van der Waals surface area contributed by atoms with Crippen LogP contribution in [0.1, 0.15) is 10.4 Å². The van der Waals surface area contributed by atoms with Crippen molar-refractivity contribution in [2.75, 3.05) is 39.0 Å². The van der Waals surface area contributed by atoms with E-state index in [1.54, 1.807) is 12.1 Å². The molecule has 1 saturated heterocycles. The van der Waals surface area contributed by atoms with E-state index in [2.05, 4.69) is 11.9 Å². The lowest BCUT2D eigenvalue weighted by Crippen LogP contribution is -2.47. The number of hydrogen-bond donors (Lipinski definition) is 1. The fraction of sp³-hybridized carbons (Fsp3) is 0.417. The van der Waals surface area contributed by atoms with Gasteiger partial charge in [0.05, 0.1) is 0 Å². The minimum atomic E-state index is 0.0837. The van der Waals surface area contributed by atoms with Crippen molar-refractivity contribution in [1.29, 1.82) is 0 Å². The minimum absolute atomic E-state index is 0.0837. The van der Waals surface area contributed by atoms with Crippen molar-refractivity contribution >= 4 is 11.6 Å². The summed E-state index contributed by atoms with van der Waals surface area (Å²) < 4.78 is 0. The Morgan fingerprint density at radius 1 is 1.25 bits per heavy atom. The van der Waals surface area contributed by atoms with Gasteiger partial charge in [0.1, 0.15) is 0 Å². The quantitative estimate of drug-likeness (QED) is 0.706. The SMILES string of the molecule is CN1CCN(C(=O)c2cccc(N)c2)CC1. The Bertz CT molecular complexity index is 384. The predicted molar refractivity (Wildman–Crippen MR) is 64.3 cm³/mol. The van der Waals surface area contributed by atoms with Crippen molar-refractivity contribution in [2.45, 2.75) is 0 Å². The summed E-state index contributed by atoms with van der Waals surface area (Å²) in [7, 11) is 2.07. The summed E-state index contributed by atoms with van der Waals surface area (Å²) >= 11 is 0. The lowest BCUT2D eigenvalue weighted by molar-refractivity contribution is 0.0664. The summed E-state index contributed by atoms with van der Waals surface area (Å²) in [6.07, 6.45) is 0. The van der Waals surface area contributed by atoms with Crippen molar-refractivity contribution in [3.05, 3.63) is 29.8 Å². The third kappa shape index (κ3) is 2.33. The highest BCUT2D eigenvalue weighted by Crippen LogP contribution is 2.11. The van der Waals surface area contributed by atoms with E-state index < -0.39 is 0 Å². The van der Waals surface area contributed by atoms with E-state index in [-0.39, 0.29) is 5.91 Å².